The highest BCUT2D eigenvalue weighted by Crippen LogP contribution is 2.33. The third-order valence-corrected chi connectivity index (χ3v) is 5.48. The van der Waals surface area contributed by atoms with Crippen molar-refractivity contribution >= 4 is 11.6 Å². The average molecular weight is 447 g/mol. The number of aromatic nitrogens is 2. The van der Waals surface area contributed by atoms with E-state index in [0.29, 0.717) is 18.2 Å². The fourth-order valence-corrected chi connectivity index (χ4v) is 3.76. The molecule has 1 aliphatic heterocycles. The van der Waals surface area contributed by atoms with Gasteiger partial charge < -0.3 is 14.2 Å². The van der Waals surface area contributed by atoms with Crippen molar-refractivity contribution in [2.24, 2.45) is 0 Å². The zero-order valence-corrected chi connectivity index (χ0v) is 17.4. The first-order valence-electron chi connectivity index (χ1n) is 10.4. The van der Waals surface area contributed by atoms with Crippen LogP contribution in [0.1, 0.15) is 23.8 Å². The van der Waals surface area contributed by atoms with Crippen LogP contribution >= 0.6 is 0 Å². The Kier molecular flexibility index (Phi) is 5.56. The molecule has 1 saturated heterocycles. The van der Waals surface area contributed by atoms with E-state index in [9.17, 15) is 13.6 Å². The summed E-state index contributed by atoms with van der Waals surface area (Å²) in [6, 6.07) is 20.2. The predicted octanol–water partition coefficient (Wildman–Crippen LogP) is 5.11. The first kappa shape index (κ1) is 20.8. The summed E-state index contributed by atoms with van der Waals surface area (Å²) in [6.45, 7) is 0.595. The van der Waals surface area contributed by atoms with Crippen LogP contribution in [0, 0.1) is 11.6 Å². The molecule has 1 amide bonds. The van der Waals surface area contributed by atoms with Crippen LogP contribution in [0.2, 0.25) is 0 Å². The Balaban J connectivity index is 1.26. The number of ether oxygens (including phenoxy) is 1. The van der Waals surface area contributed by atoms with Gasteiger partial charge in [-0.05, 0) is 42.0 Å². The van der Waals surface area contributed by atoms with E-state index < -0.39 is 17.6 Å². The molecular weight excluding hydrogens is 428 g/mol. The summed E-state index contributed by atoms with van der Waals surface area (Å²) < 4.78 is 38.8. The van der Waals surface area contributed by atoms with E-state index in [1.807, 2.05) is 54.6 Å². The Morgan fingerprint density at radius 1 is 1.03 bits per heavy atom. The molecule has 6 nitrogen and oxygen atoms in total. The van der Waals surface area contributed by atoms with Gasteiger partial charge in [-0.15, -0.1) is 0 Å². The number of amides is 1. The summed E-state index contributed by atoms with van der Waals surface area (Å²) in [5.41, 5.74) is 1.71. The maximum Gasteiger partial charge on any atom is 0.232 e. The van der Waals surface area contributed by atoms with Crippen molar-refractivity contribution in [2.75, 3.05) is 11.4 Å². The molecule has 0 aliphatic carbocycles. The van der Waals surface area contributed by atoms with Gasteiger partial charge in [0.2, 0.25) is 17.6 Å². The molecule has 4 aromatic rings. The van der Waals surface area contributed by atoms with Crippen molar-refractivity contribution < 1.29 is 22.8 Å². The summed E-state index contributed by atoms with van der Waals surface area (Å²) in [5, 5.41) is 4.02. The Morgan fingerprint density at radius 2 is 1.82 bits per heavy atom. The zero-order valence-electron chi connectivity index (χ0n) is 17.4. The first-order valence-corrected chi connectivity index (χ1v) is 10.4. The van der Waals surface area contributed by atoms with Crippen LogP contribution in [0.15, 0.2) is 77.3 Å². The molecule has 166 valence electrons. The molecule has 0 saturated carbocycles. The molecule has 33 heavy (non-hydrogen) atoms. The lowest BCUT2D eigenvalue weighted by atomic mass is 10.1. The van der Waals surface area contributed by atoms with Crippen molar-refractivity contribution in [3.63, 3.8) is 0 Å². The molecule has 0 spiro atoms. The number of rotatable bonds is 6. The molecular formula is C25H19F2N3O3. The summed E-state index contributed by atoms with van der Waals surface area (Å²) in [4.78, 5) is 18.1. The largest absolute Gasteiger partial charge is 0.489 e. The smallest absolute Gasteiger partial charge is 0.232 e. The molecule has 3 aromatic carbocycles. The third kappa shape index (κ3) is 4.45. The minimum absolute atomic E-state index is 0.0733. The number of anilines is 1. The van der Waals surface area contributed by atoms with Crippen LogP contribution in [0.3, 0.4) is 0 Å². The van der Waals surface area contributed by atoms with Gasteiger partial charge in [0.1, 0.15) is 24.0 Å². The van der Waals surface area contributed by atoms with Crippen LogP contribution in [0.25, 0.3) is 11.4 Å². The number of hydrogen-bond donors (Lipinski definition) is 0. The number of carbonyl (C=O) groups is 1. The third-order valence-electron chi connectivity index (χ3n) is 5.48. The van der Waals surface area contributed by atoms with Gasteiger partial charge in [-0.3, -0.25) is 4.79 Å². The van der Waals surface area contributed by atoms with Gasteiger partial charge in [0.05, 0.1) is 11.6 Å². The highest BCUT2D eigenvalue weighted by Gasteiger charge is 2.36. The van der Waals surface area contributed by atoms with Crippen LogP contribution in [-0.4, -0.2) is 22.6 Å². The fourth-order valence-electron chi connectivity index (χ4n) is 3.76. The quantitative estimate of drug-likeness (QED) is 0.411. The molecule has 0 radical (unpaired) electrons. The Hall–Kier alpha value is -4.07. The van der Waals surface area contributed by atoms with Gasteiger partial charge in [-0.1, -0.05) is 35.5 Å². The molecule has 2 heterocycles. The molecule has 0 bridgehead atoms. The second kappa shape index (κ2) is 8.82. The summed E-state index contributed by atoms with van der Waals surface area (Å²) in [6.07, 6.45) is 0.0733. The Morgan fingerprint density at radius 3 is 2.61 bits per heavy atom. The minimum atomic E-state index is -0.661. The second-order valence-corrected chi connectivity index (χ2v) is 7.76. The number of halogens is 2. The fraction of sp³-hybridized carbons (Fsp3) is 0.160. The molecule has 1 aromatic heterocycles. The van der Waals surface area contributed by atoms with E-state index in [-0.39, 0.29) is 30.5 Å². The normalized spacial score (nSPS) is 15.8. The topological polar surface area (TPSA) is 68.5 Å². The van der Waals surface area contributed by atoms with Gasteiger partial charge in [-0.25, -0.2) is 8.78 Å². The standard InChI is InChI=1S/C25H19F2N3O3/c26-19-8-11-21(27)22(13-19)30-14-18(12-23(30)31)25-28-24(29-33-25)17-6-9-20(10-7-17)32-15-16-4-2-1-3-5-16/h1-11,13,18H,12,14-15H2. The highest BCUT2D eigenvalue weighted by atomic mass is 19.1. The van der Waals surface area contributed by atoms with E-state index in [1.165, 1.54) is 4.90 Å². The molecule has 1 aliphatic rings. The lowest BCUT2D eigenvalue weighted by molar-refractivity contribution is -0.117. The lowest BCUT2D eigenvalue weighted by Crippen LogP contribution is -2.25. The van der Waals surface area contributed by atoms with Crippen LogP contribution in [0.5, 0.6) is 5.75 Å². The molecule has 1 fully saturated rings. The van der Waals surface area contributed by atoms with Crippen LogP contribution in [0.4, 0.5) is 14.5 Å². The number of carbonyl (C=O) groups excluding carboxylic acids is 1. The van der Waals surface area contributed by atoms with E-state index in [0.717, 1.165) is 29.3 Å². The molecule has 0 N–H and O–H groups in total. The predicted molar refractivity (Wildman–Crippen MR) is 117 cm³/mol. The van der Waals surface area contributed by atoms with Crippen LogP contribution < -0.4 is 9.64 Å². The van der Waals surface area contributed by atoms with Gasteiger partial charge in [-0.2, -0.15) is 4.98 Å². The summed E-state index contributed by atoms with van der Waals surface area (Å²) >= 11 is 0. The number of hydrogen-bond acceptors (Lipinski definition) is 5. The second-order valence-electron chi connectivity index (χ2n) is 7.76. The molecule has 8 heteroatoms. The zero-order chi connectivity index (χ0) is 22.8. The van der Waals surface area contributed by atoms with Crippen molar-refractivity contribution in [1.29, 1.82) is 0 Å². The average Bonchev–Trinajstić information content (AvgIpc) is 3.47. The lowest BCUT2D eigenvalue weighted by Gasteiger charge is -2.16. The summed E-state index contributed by atoms with van der Waals surface area (Å²) in [5.74, 6) is -0.644. The maximum atomic E-state index is 14.1. The van der Waals surface area contributed by atoms with Gasteiger partial charge in [0.25, 0.3) is 0 Å². The first-order chi connectivity index (χ1) is 16.1. The molecule has 5 rings (SSSR count). The summed E-state index contributed by atoms with van der Waals surface area (Å²) in [7, 11) is 0. The van der Waals surface area contributed by atoms with E-state index >= 15 is 0 Å². The number of benzene rings is 3. The van der Waals surface area contributed by atoms with Crippen molar-refractivity contribution in [1.82, 2.24) is 10.1 Å². The van der Waals surface area contributed by atoms with Gasteiger partial charge >= 0.3 is 0 Å². The van der Waals surface area contributed by atoms with E-state index in [1.54, 1.807) is 0 Å². The Bertz CT molecular complexity index is 1280. The van der Waals surface area contributed by atoms with Crippen molar-refractivity contribution in [2.45, 2.75) is 18.9 Å². The van der Waals surface area contributed by atoms with Crippen LogP contribution in [-0.2, 0) is 11.4 Å². The Labute approximate surface area is 188 Å². The highest BCUT2D eigenvalue weighted by molar-refractivity contribution is 5.96. The molecule has 1 atom stereocenters. The minimum Gasteiger partial charge on any atom is -0.489 e. The molecule has 1 unspecified atom stereocenters. The van der Waals surface area contributed by atoms with Crippen molar-refractivity contribution in [3.8, 4) is 17.1 Å². The van der Waals surface area contributed by atoms with Gasteiger partial charge in [0.15, 0.2) is 0 Å². The SMILES string of the molecule is O=C1CC(c2nc(-c3ccc(OCc4ccccc4)cc3)no2)CN1c1cc(F)ccc1F. The number of nitrogens with zero attached hydrogens (tertiary/aromatic N) is 3. The van der Waals surface area contributed by atoms with Gasteiger partial charge in [0, 0.05) is 24.6 Å². The van der Waals surface area contributed by atoms with E-state index in [2.05, 4.69) is 10.1 Å². The monoisotopic (exact) mass is 447 g/mol. The maximum absolute atomic E-state index is 14.1. The van der Waals surface area contributed by atoms with Crippen molar-refractivity contribution in [3.05, 3.63) is 95.9 Å². The van der Waals surface area contributed by atoms with E-state index in [4.69, 9.17) is 9.26 Å².